The van der Waals surface area contributed by atoms with E-state index in [1.54, 1.807) is 11.9 Å². The third-order valence-corrected chi connectivity index (χ3v) is 6.49. The normalized spacial score (nSPS) is 11.6. The minimum Gasteiger partial charge on any atom is -0.357 e. The third-order valence-electron chi connectivity index (χ3n) is 5.15. The maximum atomic E-state index is 13.4. The smallest absolute Gasteiger partial charge is 0.242 e. The highest BCUT2D eigenvalue weighted by molar-refractivity contribution is 7.99. The zero-order chi connectivity index (χ0) is 22.8. The van der Waals surface area contributed by atoms with Gasteiger partial charge in [-0.2, -0.15) is 0 Å². The minimum absolute atomic E-state index is 0.0737. The van der Waals surface area contributed by atoms with Crippen molar-refractivity contribution in [2.45, 2.75) is 24.8 Å². The van der Waals surface area contributed by atoms with E-state index in [9.17, 15) is 9.59 Å². The Morgan fingerprint density at radius 3 is 2.12 bits per heavy atom. The summed E-state index contributed by atoms with van der Waals surface area (Å²) in [7, 11) is 1.61. The number of rotatable bonds is 10. The van der Waals surface area contributed by atoms with Gasteiger partial charge >= 0.3 is 0 Å². The maximum Gasteiger partial charge on any atom is 0.242 e. The lowest BCUT2D eigenvalue weighted by Crippen LogP contribution is -2.50. The highest BCUT2D eigenvalue weighted by atomic mass is 35.5. The molecule has 0 aliphatic carbocycles. The Morgan fingerprint density at radius 1 is 0.906 bits per heavy atom. The molecule has 32 heavy (non-hydrogen) atoms. The second-order valence-electron chi connectivity index (χ2n) is 7.41. The first-order valence-corrected chi connectivity index (χ1v) is 12.0. The van der Waals surface area contributed by atoms with Crippen LogP contribution in [-0.4, -0.2) is 35.6 Å². The van der Waals surface area contributed by atoms with E-state index >= 15 is 0 Å². The van der Waals surface area contributed by atoms with Gasteiger partial charge < -0.3 is 10.2 Å². The fourth-order valence-electron chi connectivity index (χ4n) is 3.45. The number of carbonyl (C=O) groups excluding carboxylic acids is 2. The molecule has 0 spiro atoms. The number of nitrogens with one attached hydrogen (secondary N) is 1. The first-order chi connectivity index (χ1) is 15.6. The van der Waals surface area contributed by atoms with Crippen molar-refractivity contribution < 1.29 is 9.59 Å². The molecule has 6 heteroatoms. The Morgan fingerprint density at radius 2 is 1.50 bits per heavy atom. The van der Waals surface area contributed by atoms with Gasteiger partial charge in [-0.05, 0) is 22.8 Å². The zero-order valence-corrected chi connectivity index (χ0v) is 19.6. The van der Waals surface area contributed by atoms with E-state index in [-0.39, 0.29) is 17.6 Å². The number of likely N-dealkylation sites (N-methyl/N-ethyl adjacent to an activating group) is 1. The van der Waals surface area contributed by atoms with Crippen molar-refractivity contribution in [3.63, 3.8) is 0 Å². The van der Waals surface area contributed by atoms with Crippen LogP contribution in [0.3, 0.4) is 0 Å². The summed E-state index contributed by atoms with van der Waals surface area (Å²) in [5.41, 5.74) is 2.99. The van der Waals surface area contributed by atoms with Crippen LogP contribution in [0.5, 0.6) is 0 Å². The summed E-state index contributed by atoms with van der Waals surface area (Å²) < 4.78 is 0. The Labute approximate surface area is 199 Å². The molecule has 3 aromatic carbocycles. The Bertz CT molecular complexity index is 1010. The van der Waals surface area contributed by atoms with Gasteiger partial charge in [0.25, 0.3) is 0 Å². The summed E-state index contributed by atoms with van der Waals surface area (Å²) in [6.45, 7) is 0.372. The second-order valence-corrected chi connectivity index (χ2v) is 8.80. The number of amides is 2. The third kappa shape index (κ3) is 6.87. The van der Waals surface area contributed by atoms with E-state index in [0.29, 0.717) is 23.7 Å². The number of carbonyl (C=O) groups is 2. The molecule has 166 valence electrons. The van der Waals surface area contributed by atoms with Gasteiger partial charge in [0.15, 0.2) is 0 Å². The average Bonchev–Trinajstić information content (AvgIpc) is 2.83. The van der Waals surface area contributed by atoms with Gasteiger partial charge in [-0.3, -0.25) is 9.59 Å². The lowest BCUT2D eigenvalue weighted by molar-refractivity contribution is -0.139. The van der Waals surface area contributed by atoms with Crippen LogP contribution in [-0.2, 0) is 28.3 Å². The van der Waals surface area contributed by atoms with Gasteiger partial charge in [0, 0.05) is 30.8 Å². The monoisotopic (exact) mass is 466 g/mol. The standard InChI is InChI=1S/C26H27ClN2O2S/c1-28-26(31)24(16-20-10-4-2-5-11-20)29(17-21-12-6-3-7-13-21)25(30)19-32-18-22-14-8-9-15-23(22)27/h2-15,24H,16-19H2,1H3,(H,28,31)/t24-/m1/s1. The molecule has 0 unspecified atom stereocenters. The largest absolute Gasteiger partial charge is 0.357 e. The molecular formula is C26H27ClN2O2S. The van der Waals surface area contributed by atoms with Gasteiger partial charge in [-0.15, -0.1) is 11.8 Å². The van der Waals surface area contributed by atoms with Crippen LogP contribution in [0.1, 0.15) is 16.7 Å². The minimum atomic E-state index is -0.601. The molecular weight excluding hydrogens is 440 g/mol. The molecule has 0 heterocycles. The molecule has 3 aromatic rings. The maximum absolute atomic E-state index is 13.4. The summed E-state index contributed by atoms with van der Waals surface area (Å²) >= 11 is 7.75. The van der Waals surface area contributed by atoms with Gasteiger partial charge in [0.2, 0.25) is 11.8 Å². The van der Waals surface area contributed by atoms with E-state index in [0.717, 1.165) is 16.7 Å². The average molecular weight is 467 g/mol. The topological polar surface area (TPSA) is 49.4 Å². The summed E-state index contributed by atoms with van der Waals surface area (Å²) in [4.78, 5) is 27.9. The van der Waals surface area contributed by atoms with E-state index in [4.69, 9.17) is 11.6 Å². The first-order valence-electron chi connectivity index (χ1n) is 10.5. The molecule has 0 aromatic heterocycles. The summed E-state index contributed by atoms with van der Waals surface area (Å²) in [6.07, 6.45) is 0.453. The molecule has 1 N–H and O–H groups in total. The highest BCUT2D eigenvalue weighted by Gasteiger charge is 2.29. The number of thioether (sulfide) groups is 1. The molecule has 1 atom stereocenters. The summed E-state index contributed by atoms with van der Waals surface area (Å²) in [6, 6.07) is 26.6. The van der Waals surface area contributed by atoms with Gasteiger partial charge in [-0.25, -0.2) is 0 Å². The van der Waals surface area contributed by atoms with E-state index < -0.39 is 6.04 Å². The molecule has 0 saturated heterocycles. The predicted molar refractivity (Wildman–Crippen MR) is 133 cm³/mol. The lowest BCUT2D eigenvalue weighted by atomic mass is 10.0. The Balaban J connectivity index is 1.79. The SMILES string of the molecule is CNC(=O)[C@@H](Cc1ccccc1)N(Cc1ccccc1)C(=O)CSCc1ccccc1Cl. The van der Waals surface area contributed by atoms with Crippen molar-refractivity contribution >= 4 is 35.2 Å². The van der Waals surface area contributed by atoms with Crippen LogP contribution >= 0.6 is 23.4 Å². The molecule has 2 amide bonds. The van der Waals surface area contributed by atoms with E-state index in [1.165, 1.54) is 11.8 Å². The van der Waals surface area contributed by atoms with Crippen LogP contribution < -0.4 is 5.32 Å². The fourth-order valence-corrected chi connectivity index (χ4v) is 4.64. The second kappa shape index (κ2) is 12.3. The molecule has 0 bridgehead atoms. The van der Waals surface area contributed by atoms with Crippen molar-refractivity contribution in [1.29, 1.82) is 0 Å². The van der Waals surface area contributed by atoms with Crippen molar-refractivity contribution in [2.75, 3.05) is 12.8 Å². The predicted octanol–water partition coefficient (Wildman–Crippen LogP) is 4.96. The number of hydrogen-bond donors (Lipinski definition) is 1. The van der Waals surface area contributed by atoms with E-state index in [2.05, 4.69) is 5.32 Å². The lowest BCUT2D eigenvalue weighted by Gasteiger charge is -2.31. The summed E-state index contributed by atoms with van der Waals surface area (Å²) in [5.74, 6) is 0.651. The summed E-state index contributed by atoms with van der Waals surface area (Å²) in [5, 5.41) is 3.43. The number of benzene rings is 3. The molecule has 0 radical (unpaired) electrons. The molecule has 0 fully saturated rings. The Hall–Kier alpha value is -2.76. The van der Waals surface area contributed by atoms with Crippen molar-refractivity contribution in [2.24, 2.45) is 0 Å². The van der Waals surface area contributed by atoms with Crippen LogP contribution in [0, 0.1) is 0 Å². The molecule has 3 rings (SSSR count). The van der Waals surface area contributed by atoms with Gasteiger partial charge in [-0.1, -0.05) is 90.5 Å². The van der Waals surface area contributed by atoms with Crippen molar-refractivity contribution in [1.82, 2.24) is 10.2 Å². The number of halogens is 1. The van der Waals surface area contributed by atoms with Gasteiger partial charge in [0.1, 0.15) is 6.04 Å². The van der Waals surface area contributed by atoms with Gasteiger partial charge in [0.05, 0.1) is 5.75 Å². The van der Waals surface area contributed by atoms with Crippen LogP contribution in [0.25, 0.3) is 0 Å². The van der Waals surface area contributed by atoms with Crippen LogP contribution in [0.4, 0.5) is 0 Å². The number of nitrogens with zero attached hydrogens (tertiary/aromatic N) is 1. The Kier molecular flexibility index (Phi) is 9.20. The molecule has 0 saturated carbocycles. The first kappa shape index (κ1) is 23.9. The fraction of sp³-hybridized carbons (Fsp3) is 0.231. The van der Waals surface area contributed by atoms with E-state index in [1.807, 2.05) is 84.9 Å². The number of hydrogen-bond acceptors (Lipinski definition) is 3. The van der Waals surface area contributed by atoms with Crippen molar-refractivity contribution in [3.05, 3.63) is 107 Å². The quantitative estimate of drug-likeness (QED) is 0.459. The zero-order valence-electron chi connectivity index (χ0n) is 18.0. The van der Waals surface area contributed by atoms with Crippen LogP contribution in [0.15, 0.2) is 84.9 Å². The molecule has 4 nitrogen and oxygen atoms in total. The molecule has 0 aliphatic rings. The van der Waals surface area contributed by atoms with Crippen molar-refractivity contribution in [3.8, 4) is 0 Å². The highest BCUT2D eigenvalue weighted by Crippen LogP contribution is 2.22. The molecule has 0 aliphatic heterocycles. The van der Waals surface area contributed by atoms with Crippen LogP contribution in [0.2, 0.25) is 5.02 Å².